The van der Waals surface area contributed by atoms with Crippen molar-refractivity contribution in [3.63, 3.8) is 0 Å². The van der Waals surface area contributed by atoms with Crippen LogP contribution in [0.3, 0.4) is 0 Å². The van der Waals surface area contributed by atoms with Gasteiger partial charge in [-0.1, -0.05) is 30.3 Å². The normalized spacial score (nSPS) is 13.5. The van der Waals surface area contributed by atoms with E-state index < -0.39 is 0 Å². The van der Waals surface area contributed by atoms with Gasteiger partial charge in [-0.15, -0.1) is 11.3 Å². The summed E-state index contributed by atoms with van der Waals surface area (Å²) in [7, 11) is 2.13. The molecule has 5 rings (SSSR count). The van der Waals surface area contributed by atoms with Crippen molar-refractivity contribution in [3.05, 3.63) is 70.9 Å². The summed E-state index contributed by atoms with van der Waals surface area (Å²) in [5, 5.41) is 1.26. The van der Waals surface area contributed by atoms with Crippen LogP contribution >= 0.6 is 11.3 Å². The van der Waals surface area contributed by atoms with E-state index in [1.54, 1.807) is 6.20 Å². The Morgan fingerprint density at radius 2 is 1.86 bits per heavy atom. The van der Waals surface area contributed by atoms with Crippen LogP contribution < -0.4 is 4.90 Å². The molecule has 0 spiro atoms. The van der Waals surface area contributed by atoms with Crippen molar-refractivity contribution in [2.75, 3.05) is 11.9 Å². The average Bonchev–Trinajstić information content (AvgIpc) is 3.13. The predicted octanol–water partition coefficient (Wildman–Crippen LogP) is 5.27. The number of anilines is 1. The molecule has 0 radical (unpaired) electrons. The van der Waals surface area contributed by atoms with E-state index in [0.717, 1.165) is 35.0 Å². The first-order valence-electron chi connectivity index (χ1n) is 9.77. The average molecular weight is 387 g/mol. The van der Waals surface area contributed by atoms with Crippen molar-refractivity contribution >= 4 is 27.4 Å². The fraction of sp³-hybridized carbons (Fsp3) is 0.261. The molecule has 1 aliphatic carbocycles. The largest absolute Gasteiger partial charge is 0.355 e. The molecular formula is C23H22N4S. The topological polar surface area (TPSA) is 41.9 Å². The highest BCUT2D eigenvalue weighted by Crippen LogP contribution is 2.40. The van der Waals surface area contributed by atoms with Gasteiger partial charge in [-0.25, -0.2) is 9.97 Å². The second-order valence-electron chi connectivity index (χ2n) is 7.35. The molecule has 1 aliphatic rings. The number of benzene rings is 1. The molecule has 3 heterocycles. The Hall–Kier alpha value is -2.79. The zero-order valence-corrected chi connectivity index (χ0v) is 16.7. The van der Waals surface area contributed by atoms with Crippen LogP contribution in [-0.4, -0.2) is 22.0 Å². The molecule has 0 N–H and O–H groups in total. The van der Waals surface area contributed by atoms with Crippen LogP contribution in [0.5, 0.6) is 0 Å². The Morgan fingerprint density at radius 3 is 2.68 bits per heavy atom. The van der Waals surface area contributed by atoms with Crippen LogP contribution in [-0.2, 0) is 19.4 Å². The molecule has 5 heteroatoms. The lowest BCUT2D eigenvalue weighted by Crippen LogP contribution is -2.19. The molecule has 0 unspecified atom stereocenters. The standard InChI is InChI=1S/C23H22N4S/c1-27(15-16-8-3-2-4-9-16)22-20-18-11-5-6-12-19(18)28-23(20)26-21(25-22)17-10-7-13-24-14-17/h2-4,7-10,13-14H,5-6,11-12,15H2,1H3. The van der Waals surface area contributed by atoms with Gasteiger partial charge >= 0.3 is 0 Å². The lowest BCUT2D eigenvalue weighted by atomic mass is 9.97. The van der Waals surface area contributed by atoms with E-state index in [1.165, 1.54) is 40.7 Å². The van der Waals surface area contributed by atoms with Gasteiger partial charge in [0.15, 0.2) is 5.82 Å². The van der Waals surface area contributed by atoms with E-state index in [9.17, 15) is 0 Å². The van der Waals surface area contributed by atoms with Crippen molar-refractivity contribution in [2.24, 2.45) is 0 Å². The van der Waals surface area contributed by atoms with Crippen molar-refractivity contribution in [1.29, 1.82) is 0 Å². The van der Waals surface area contributed by atoms with Crippen molar-refractivity contribution in [3.8, 4) is 11.4 Å². The van der Waals surface area contributed by atoms with E-state index >= 15 is 0 Å². The summed E-state index contributed by atoms with van der Waals surface area (Å²) in [4.78, 5) is 19.1. The minimum Gasteiger partial charge on any atom is -0.355 e. The Kier molecular flexibility index (Phi) is 4.53. The molecule has 4 nitrogen and oxygen atoms in total. The number of thiophene rings is 1. The summed E-state index contributed by atoms with van der Waals surface area (Å²) in [6.07, 6.45) is 8.46. The van der Waals surface area contributed by atoms with Gasteiger partial charge in [-0.2, -0.15) is 0 Å². The molecule has 28 heavy (non-hydrogen) atoms. The van der Waals surface area contributed by atoms with E-state index in [4.69, 9.17) is 9.97 Å². The smallest absolute Gasteiger partial charge is 0.164 e. The lowest BCUT2D eigenvalue weighted by molar-refractivity contribution is 0.700. The summed E-state index contributed by atoms with van der Waals surface area (Å²) in [6, 6.07) is 14.5. The number of fused-ring (bicyclic) bond motifs is 3. The molecule has 0 atom stereocenters. The minimum absolute atomic E-state index is 0.758. The first-order chi connectivity index (χ1) is 13.8. The van der Waals surface area contributed by atoms with Gasteiger partial charge in [0.25, 0.3) is 0 Å². The summed E-state index contributed by atoms with van der Waals surface area (Å²) in [5.41, 5.74) is 3.72. The molecule has 0 saturated heterocycles. The molecule has 140 valence electrons. The van der Waals surface area contributed by atoms with Gasteiger partial charge in [0.2, 0.25) is 0 Å². The van der Waals surface area contributed by atoms with E-state index in [-0.39, 0.29) is 0 Å². The molecule has 0 saturated carbocycles. The minimum atomic E-state index is 0.758. The SMILES string of the molecule is CN(Cc1ccccc1)c1nc(-c2cccnc2)nc2sc3c(c12)CCCC3. The molecule has 0 amide bonds. The second-order valence-corrected chi connectivity index (χ2v) is 8.43. The van der Waals surface area contributed by atoms with Crippen LogP contribution in [0, 0.1) is 0 Å². The first kappa shape index (κ1) is 17.3. The molecule has 3 aromatic heterocycles. The third kappa shape index (κ3) is 3.16. The summed E-state index contributed by atoms with van der Waals surface area (Å²) in [6.45, 7) is 0.823. The van der Waals surface area contributed by atoms with Gasteiger partial charge in [-0.05, 0) is 48.9 Å². The molecule has 0 fully saturated rings. The summed E-state index contributed by atoms with van der Waals surface area (Å²) in [5.74, 6) is 1.79. The zero-order valence-electron chi connectivity index (χ0n) is 15.9. The second kappa shape index (κ2) is 7.32. The third-order valence-electron chi connectivity index (χ3n) is 5.34. The number of hydrogen-bond acceptors (Lipinski definition) is 5. The van der Waals surface area contributed by atoms with Crippen LogP contribution in [0.15, 0.2) is 54.9 Å². The Bertz CT molecular complexity index is 1110. The maximum absolute atomic E-state index is 5.03. The van der Waals surface area contributed by atoms with Crippen LogP contribution in [0.2, 0.25) is 0 Å². The zero-order chi connectivity index (χ0) is 18.9. The van der Waals surface area contributed by atoms with Gasteiger partial charge in [0.1, 0.15) is 10.6 Å². The van der Waals surface area contributed by atoms with Crippen molar-refractivity contribution in [1.82, 2.24) is 15.0 Å². The highest BCUT2D eigenvalue weighted by molar-refractivity contribution is 7.19. The molecular weight excluding hydrogens is 364 g/mol. The van der Waals surface area contributed by atoms with Gasteiger partial charge < -0.3 is 4.90 Å². The van der Waals surface area contributed by atoms with E-state index in [2.05, 4.69) is 47.3 Å². The molecule has 0 aliphatic heterocycles. The number of nitrogens with zero attached hydrogens (tertiary/aromatic N) is 4. The number of pyridine rings is 1. The van der Waals surface area contributed by atoms with Gasteiger partial charge in [0, 0.05) is 36.4 Å². The van der Waals surface area contributed by atoms with Gasteiger partial charge in [-0.3, -0.25) is 4.98 Å². The number of aryl methyl sites for hydroxylation is 2. The monoisotopic (exact) mass is 386 g/mol. The highest BCUT2D eigenvalue weighted by atomic mass is 32.1. The lowest BCUT2D eigenvalue weighted by Gasteiger charge is -2.21. The summed E-state index contributed by atoms with van der Waals surface area (Å²) < 4.78 is 0. The molecule has 0 bridgehead atoms. The molecule has 4 aromatic rings. The number of aromatic nitrogens is 3. The van der Waals surface area contributed by atoms with E-state index in [0.29, 0.717) is 0 Å². The highest BCUT2D eigenvalue weighted by Gasteiger charge is 2.23. The fourth-order valence-electron chi connectivity index (χ4n) is 3.97. The quantitative estimate of drug-likeness (QED) is 0.479. The Balaban J connectivity index is 1.67. The number of hydrogen-bond donors (Lipinski definition) is 0. The van der Waals surface area contributed by atoms with Crippen molar-refractivity contribution < 1.29 is 0 Å². The van der Waals surface area contributed by atoms with Gasteiger partial charge in [0.05, 0.1) is 5.39 Å². The van der Waals surface area contributed by atoms with Crippen molar-refractivity contribution in [2.45, 2.75) is 32.2 Å². The first-order valence-corrected chi connectivity index (χ1v) is 10.6. The maximum Gasteiger partial charge on any atom is 0.164 e. The maximum atomic E-state index is 5.03. The van der Waals surface area contributed by atoms with E-state index in [1.807, 2.05) is 29.7 Å². The summed E-state index contributed by atoms with van der Waals surface area (Å²) >= 11 is 1.85. The Labute approximate surface area is 168 Å². The molecule has 1 aromatic carbocycles. The fourth-order valence-corrected chi connectivity index (χ4v) is 5.23. The predicted molar refractivity (Wildman–Crippen MR) is 116 cm³/mol. The number of rotatable bonds is 4. The van der Waals surface area contributed by atoms with Crippen LogP contribution in [0.4, 0.5) is 5.82 Å². The third-order valence-corrected chi connectivity index (χ3v) is 6.53. The van der Waals surface area contributed by atoms with Crippen LogP contribution in [0.25, 0.3) is 21.6 Å². The Morgan fingerprint density at radius 1 is 1.00 bits per heavy atom. The van der Waals surface area contributed by atoms with Crippen LogP contribution in [0.1, 0.15) is 28.8 Å².